The van der Waals surface area contributed by atoms with E-state index < -0.39 is 0 Å². The molecule has 0 aliphatic heterocycles. The molecule has 0 radical (unpaired) electrons. The number of hydrogen-bond donors (Lipinski definition) is 0. The summed E-state index contributed by atoms with van der Waals surface area (Å²) < 4.78 is 5.48. The van der Waals surface area contributed by atoms with Gasteiger partial charge in [0.1, 0.15) is 0 Å². The molecule has 1 nitrogen and oxygen atoms in total. The van der Waals surface area contributed by atoms with E-state index in [0.717, 1.165) is 17.8 Å². The lowest BCUT2D eigenvalue weighted by molar-refractivity contribution is 0.0452. The van der Waals surface area contributed by atoms with E-state index in [1.54, 1.807) is 0 Å². The molecule has 82 valence electrons. The third kappa shape index (κ3) is 2.73. The minimum atomic E-state index is 0.570. The number of hydrogen-bond acceptors (Lipinski definition) is 1. The van der Waals surface area contributed by atoms with E-state index in [1.165, 1.54) is 44.9 Å². The molecule has 0 heterocycles. The number of methoxy groups -OCH3 is 1. The van der Waals surface area contributed by atoms with E-state index in [4.69, 9.17) is 4.74 Å². The van der Waals surface area contributed by atoms with Gasteiger partial charge in [0.25, 0.3) is 0 Å². The van der Waals surface area contributed by atoms with Crippen molar-refractivity contribution in [3.63, 3.8) is 0 Å². The van der Waals surface area contributed by atoms with Gasteiger partial charge in [0.15, 0.2) is 0 Å². The SMILES string of the molecule is COC1CCCC(CC(C)C2CC2)C1. The Balaban J connectivity index is 1.73. The fraction of sp³-hybridized carbons (Fsp3) is 1.00. The average Bonchev–Trinajstić information content (AvgIpc) is 3.01. The number of rotatable bonds is 4. The molecule has 2 aliphatic rings. The van der Waals surface area contributed by atoms with Gasteiger partial charge in [0.05, 0.1) is 6.10 Å². The molecule has 0 bridgehead atoms. The zero-order chi connectivity index (χ0) is 9.97. The molecule has 2 fully saturated rings. The van der Waals surface area contributed by atoms with Gasteiger partial charge in [-0.1, -0.05) is 19.8 Å². The molecule has 0 aromatic carbocycles. The number of ether oxygens (including phenoxy) is 1. The summed E-state index contributed by atoms with van der Waals surface area (Å²) in [4.78, 5) is 0. The van der Waals surface area contributed by atoms with Gasteiger partial charge in [-0.3, -0.25) is 0 Å². The van der Waals surface area contributed by atoms with Crippen LogP contribution in [-0.4, -0.2) is 13.2 Å². The van der Waals surface area contributed by atoms with Gasteiger partial charge in [-0.2, -0.15) is 0 Å². The third-order valence-corrected chi connectivity index (χ3v) is 4.20. The van der Waals surface area contributed by atoms with Crippen LogP contribution in [0.25, 0.3) is 0 Å². The van der Waals surface area contributed by atoms with Crippen molar-refractivity contribution < 1.29 is 4.74 Å². The normalized spacial score (nSPS) is 35.6. The van der Waals surface area contributed by atoms with Gasteiger partial charge in [-0.25, -0.2) is 0 Å². The maximum absolute atomic E-state index is 5.48. The van der Waals surface area contributed by atoms with Crippen LogP contribution < -0.4 is 0 Å². The van der Waals surface area contributed by atoms with Crippen LogP contribution in [0.15, 0.2) is 0 Å². The Morgan fingerprint density at radius 1 is 1.21 bits per heavy atom. The summed E-state index contributed by atoms with van der Waals surface area (Å²) in [6, 6.07) is 0. The highest BCUT2D eigenvalue weighted by Crippen LogP contribution is 2.41. The quantitative estimate of drug-likeness (QED) is 0.667. The first kappa shape index (κ1) is 10.5. The van der Waals surface area contributed by atoms with E-state index in [2.05, 4.69) is 6.92 Å². The summed E-state index contributed by atoms with van der Waals surface area (Å²) >= 11 is 0. The minimum Gasteiger partial charge on any atom is -0.381 e. The Kier molecular flexibility index (Phi) is 3.48. The molecule has 2 rings (SSSR count). The van der Waals surface area contributed by atoms with E-state index in [0.29, 0.717) is 6.10 Å². The smallest absolute Gasteiger partial charge is 0.0574 e. The van der Waals surface area contributed by atoms with Crippen molar-refractivity contribution in [1.29, 1.82) is 0 Å². The molecule has 1 heteroatoms. The minimum absolute atomic E-state index is 0.570. The summed E-state index contributed by atoms with van der Waals surface area (Å²) in [5.74, 6) is 3.03. The lowest BCUT2D eigenvalue weighted by Crippen LogP contribution is -2.23. The Morgan fingerprint density at radius 2 is 2.00 bits per heavy atom. The molecule has 2 aliphatic carbocycles. The average molecular weight is 196 g/mol. The highest BCUT2D eigenvalue weighted by molar-refractivity contribution is 4.82. The van der Waals surface area contributed by atoms with Crippen LogP contribution in [0.3, 0.4) is 0 Å². The maximum atomic E-state index is 5.48. The van der Waals surface area contributed by atoms with Crippen molar-refractivity contribution in [2.75, 3.05) is 7.11 Å². The molecule has 0 aromatic heterocycles. The van der Waals surface area contributed by atoms with Gasteiger partial charge in [0, 0.05) is 7.11 Å². The maximum Gasteiger partial charge on any atom is 0.0574 e. The Hall–Kier alpha value is -0.0400. The molecular weight excluding hydrogens is 172 g/mol. The highest BCUT2D eigenvalue weighted by Gasteiger charge is 2.31. The van der Waals surface area contributed by atoms with Crippen LogP contribution in [-0.2, 0) is 4.74 Å². The summed E-state index contributed by atoms with van der Waals surface area (Å²) in [6.45, 7) is 2.45. The van der Waals surface area contributed by atoms with E-state index in [9.17, 15) is 0 Å². The highest BCUT2D eigenvalue weighted by atomic mass is 16.5. The van der Waals surface area contributed by atoms with Gasteiger partial charge >= 0.3 is 0 Å². The Morgan fingerprint density at radius 3 is 2.64 bits per heavy atom. The predicted molar refractivity (Wildman–Crippen MR) is 59.3 cm³/mol. The van der Waals surface area contributed by atoms with E-state index in [-0.39, 0.29) is 0 Å². The van der Waals surface area contributed by atoms with Crippen LogP contribution in [0.1, 0.15) is 51.9 Å². The lowest BCUT2D eigenvalue weighted by atomic mass is 9.80. The first-order valence-corrected chi connectivity index (χ1v) is 6.32. The van der Waals surface area contributed by atoms with Crippen molar-refractivity contribution >= 4 is 0 Å². The van der Waals surface area contributed by atoms with Gasteiger partial charge < -0.3 is 4.74 Å². The monoisotopic (exact) mass is 196 g/mol. The standard InChI is InChI=1S/C13H24O/c1-10(12-6-7-12)8-11-4-3-5-13(9-11)14-2/h10-13H,3-9H2,1-2H3. The second kappa shape index (κ2) is 4.65. The Bertz CT molecular complexity index is 174. The third-order valence-electron chi connectivity index (χ3n) is 4.20. The summed E-state index contributed by atoms with van der Waals surface area (Å²) in [7, 11) is 1.87. The van der Waals surface area contributed by atoms with Crippen molar-refractivity contribution in [3.05, 3.63) is 0 Å². The molecule has 2 saturated carbocycles. The van der Waals surface area contributed by atoms with Crippen LogP contribution in [0, 0.1) is 17.8 Å². The summed E-state index contributed by atoms with van der Waals surface area (Å²) in [6.07, 6.45) is 10.5. The fourth-order valence-corrected chi connectivity index (χ4v) is 3.05. The van der Waals surface area contributed by atoms with Crippen molar-refractivity contribution in [2.24, 2.45) is 17.8 Å². The van der Waals surface area contributed by atoms with Crippen LogP contribution in [0.2, 0.25) is 0 Å². The zero-order valence-corrected chi connectivity index (χ0v) is 9.67. The van der Waals surface area contributed by atoms with Crippen LogP contribution in [0.5, 0.6) is 0 Å². The second-order valence-corrected chi connectivity index (χ2v) is 5.44. The van der Waals surface area contributed by atoms with Gasteiger partial charge in [-0.15, -0.1) is 0 Å². The molecule has 3 atom stereocenters. The zero-order valence-electron chi connectivity index (χ0n) is 9.67. The van der Waals surface area contributed by atoms with Gasteiger partial charge in [0.2, 0.25) is 0 Å². The lowest BCUT2D eigenvalue weighted by Gasteiger charge is -2.29. The van der Waals surface area contributed by atoms with Gasteiger partial charge in [-0.05, 0) is 49.9 Å². The molecular formula is C13H24O. The van der Waals surface area contributed by atoms with Crippen molar-refractivity contribution in [2.45, 2.75) is 58.0 Å². The molecule has 0 amide bonds. The molecule has 3 unspecified atom stereocenters. The Labute approximate surface area is 88.2 Å². The van der Waals surface area contributed by atoms with E-state index in [1.807, 2.05) is 7.11 Å². The first-order chi connectivity index (χ1) is 6.79. The predicted octanol–water partition coefficient (Wildman–Crippen LogP) is 3.63. The molecule has 0 aromatic rings. The molecule has 14 heavy (non-hydrogen) atoms. The largest absolute Gasteiger partial charge is 0.381 e. The second-order valence-electron chi connectivity index (χ2n) is 5.44. The topological polar surface area (TPSA) is 9.23 Å². The molecule has 0 saturated heterocycles. The first-order valence-electron chi connectivity index (χ1n) is 6.32. The van der Waals surface area contributed by atoms with Crippen molar-refractivity contribution in [1.82, 2.24) is 0 Å². The van der Waals surface area contributed by atoms with Crippen LogP contribution in [0.4, 0.5) is 0 Å². The molecule has 0 spiro atoms. The summed E-state index contributed by atoms with van der Waals surface area (Å²) in [5.41, 5.74) is 0. The molecule has 0 N–H and O–H groups in total. The van der Waals surface area contributed by atoms with Crippen LogP contribution >= 0.6 is 0 Å². The summed E-state index contributed by atoms with van der Waals surface area (Å²) in [5, 5.41) is 0. The van der Waals surface area contributed by atoms with Crippen molar-refractivity contribution in [3.8, 4) is 0 Å². The van der Waals surface area contributed by atoms with E-state index >= 15 is 0 Å². The fourth-order valence-electron chi connectivity index (χ4n) is 3.05.